The van der Waals surface area contributed by atoms with Gasteiger partial charge in [-0.25, -0.2) is 0 Å². The third-order valence-corrected chi connectivity index (χ3v) is 4.04. The number of aryl methyl sites for hydroxylation is 1. The third kappa shape index (κ3) is 2.09. The van der Waals surface area contributed by atoms with Crippen molar-refractivity contribution in [1.82, 2.24) is 10.0 Å². The summed E-state index contributed by atoms with van der Waals surface area (Å²) in [4.78, 5) is 0. The van der Waals surface area contributed by atoms with E-state index in [9.17, 15) is 5.21 Å². The van der Waals surface area contributed by atoms with E-state index in [1.807, 2.05) is 42.5 Å². The predicted molar refractivity (Wildman–Crippen MR) is 80.7 cm³/mol. The Morgan fingerprint density at radius 2 is 1.90 bits per heavy atom. The zero-order valence-electron chi connectivity index (χ0n) is 11.5. The van der Waals surface area contributed by atoms with E-state index in [-0.39, 0.29) is 6.04 Å². The molecule has 106 valence electrons. The van der Waals surface area contributed by atoms with Gasteiger partial charge in [0, 0.05) is 23.1 Å². The molecule has 1 aliphatic heterocycles. The summed E-state index contributed by atoms with van der Waals surface area (Å²) in [6.07, 6.45) is 0.921. The van der Waals surface area contributed by atoms with Crippen molar-refractivity contribution < 1.29 is 9.94 Å². The van der Waals surface area contributed by atoms with Gasteiger partial charge < -0.3 is 14.5 Å². The van der Waals surface area contributed by atoms with Crippen LogP contribution in [0.5, 0.6) is 11.5 Å². The second-order valence-electron chi connectivity index (χ2n) is 5.33. The summed E-state index contributed by atoms with van der Waals surface area (Å²) in [6.45, 7) is 0.927. The monoisotopic (exact) mass is 280 g/mol. The van der Waals surface area contributed by atoms with Crippen molar-refractivity contribution in [3.8, 4) is 11.5 Å². The van der Waals surface area contributed by atoms with Crippen molar-refractivity contribution in [1.29, 1.82) is 0 Å². The number of rotatable bonds is 3. The molecule has 0 saturated heterocycles. The Morgan fingerprint density at radius 3 is 2.71 bits per heavy atom. The molecule has 1 aliphatic rings. The van der Waals surface area contributed by atoms with Crippen molar-refractivity contribution >= 4 is 10.9 Å². The molecule has 0 spiro atoms. The van der Waals surface area contributed by atoms with E-state index in [2.05, 4.69) is 22.2 Å². The van der Waals surface area contributed by atoms with Gasteiger partial charge in [0.1, 0.15) is 11.5 Å². The first-order valence-corrected chi connectivity index (χ1v) is 7.11. The van der Waals surface area contributed by atoms with Gasteiger partial charge >= 0.3 is 0 Å². The number of benzene rings is 2. The van der Waals surface area contributed by atoms with Gasteiger partial charge in [-0.2, -0.15) is 5.48 Å². The van der Waals surface area contributed by atoms with E-state index >= 15 is 0 Å². The molecule has 0 aliphatic carbocycles. The van der Waals surface area contributed by atoms with Gasteiger partial charge in [-0.15, -0.1) is 0 Å². The van der Waals surface area contributed by atoms with Crippen LogP contribution in [0.15, 0.2) is 54.6 Å². The molecular formula is C17H16N2O2. The maximum atomic E-state index is 9.20. The molecule has 0 bridgehead atoms. The number of hydrogen-bond acceptors (Lipinski definition) is 3. The highest BCUT2D eigenvalue weighted by Crippen LogP contribution is 2.34. The second kappa shape index (κ2) is 4.91. The zero-order valence-corrected chi connectivity index (χ0v) is 11.5. The van der Waals surface area contributed by atoms with E-state index in [1.165, 1.54) is 5.52 Å². The van der Waals surface area contributed by atoms with E-state index in [0.717, 1.165) is 35.5 Å². The van der Waals surface area contributed by atoms with Gasteiger partial charge in [0.2, 0.25) is 0 Å². The Bertz CT molecular complexity index is 780. The fraction of sp³-hybridized carbons (Fsp3) is 0.176. The van der Waals surface area contributed by atoms with Gasteiger partial charge in [0.15, 0.2) is 0 Å². The van der Waals surface area contributed by atoms with Crippen LogP contribution in [0.3, 0.4) is 0 Å². The predicted octanol–water partition coefficient (Wildman–Crippen LogP) is 3.86. The van der Waals surface area contributed by atoms with E-state index < -0.39 is 0 Å². The smallest absolute Gasteiger partial charge is 0.128 e. The summed E-state index contributed by atoms with van der Waals surface area (Å²) in [5, 5.41) is 10.3. The molecule has 4 heteroatoms. The molecule has 2 heterocycles. The second-order valence-corrected chi connectivity index (χ2v) is 5.33. The molecule has 21 heavy (non-hydrogen) atoms. The van der Waals surface area contributed by atoms with Crippen molar-refractivity contribution in [2.75, 3.05) is 0 Å². The molecule has 0 fully saturated rings. The number of aromatic nitrogens is 1. The Hall–Kier alpha value is -2.30. The van der Waals surface area contributed by atoms with Crippen molar-refractivity contribution in [2.45, 2.75) is 19.0 Å². The molecule has 2 N–H and O–H groups in total. The minimum Gasteiger partial charge on any atom is -0.457 e. The van der Waals surface area contributed by atoms with Crippen molar-refractivity contribution in [3.63, 3.8) is 0 Å². The van der Waals surface area contributed by atoms with Crippen molar-refractivity contribution in [3.05, 3.63) is 60.3 Å². The first kappa shape index (κ1) is 12.4. The maximum Gasteiger partial charge on any atom is 0.128 e. The average molecular weight is 280 g/mol. The lowest BCUT2D eigenvalue weighted by Gasteiger charge is -2.06. The lowest BCUT2D eigenvalue weighted by Crippen LogP contribution is -2.13. The molecule has 1 aromatic heterocycles. The van der Waals surface area contributed by atoms with E-state index in [0.29, 0.717) is 0 Å². The fourth-order valence-electron chi connectivity index (χ4n) is 3.03. The summed E-state index contributed by atoms with van der Waals surface area (Å²) >= 11 is 0. The molecular weight excluding hydrogens is 264 g/mol. The maximum absolute atomic E-state index is 9.20. The van der Waals surface area contributed by atoms with Crippen LogP contribution in [0, 0.1) is 0 Å². The molecule has 0 saturated carbocycles. The number of nitrogens with one attached hydrogen (secondary N) is 1. The van der Waals surface area contributed by atoms with Gasteiger partial charge in [0.05, 0.1) is 6.04 Å². The molecule has 3 aromatic rings. The molecule has 0 radical (unpaired) electrons. The van der Waals surface area contributed by atoms with Crippen LogP contribution >= 0.6 is 0 Å². The molecule has 4 nitrogen and oxygen atoms in total. The minimum absolute atomic E-state index is 0.0240. The molecule has 2 aromatic carbocycles. The normalized spacial score (nSPS) is 17.1. The third-order valence-electron chi connectivity index (χ3n) is 4.04. The van der Waals surface area contributed by atoms with Gasteiger partial charge in [-0.1, -0.05) is 18.2 Å². The largest absolute Gasteiger partial charge is 0.457 e. The Labute approximate surface area is 122 Å². The topological polar surface area (TPSA) is 46.4 Å². The summed E-state index contributed by atoms with van der Waals surface area (Å²) in [6, 6.07) is 18.0. The molecule has 1 unspecified atom stereocenters. The van der Waals surface area contributed by atoms with E-state index in [4.69, 9.17) is 4.74 Å². The first-order chi connectivity index (χ1) is 10.3. The van der Waals surface area contributed by atoms with Gasteiger partial charge in [-0.3, -0.25) is 0 Å². The summed E-state index contributed by atoms with van der Waals surface area (Å²) in [5.74, 6) is 1.66. The fourth-order valence-corrected chi connectivity index (χ4v) is 3.03. The van der Waals surface area contributed by atoms with Gasteiger partial charge in [0.25, 0.3) is 0 Å². The SMILES string of the molecule is ONC1CCn2c1cc1cc(Oc3ccccc3)ccc12. The average Bonchev–Trinajstić information content (AvgIpc) is 3.06. The highest BCUT2D eigenvalue weighted by molar-refractivity contribution is 5.83. The Balaban J connectivity index is 1.71. The van der Waals surface area contributed by atoms with Crippen molar-refractivity contribution in [2.24, 2.45) is 0 Å². The van der Waals surface area contributed by atoms with Crippen LogP contribution < -0.4 is 10.2 Å². The standard InChI is InChI=1S/C17H16N2O2/c20-18-15-8-9-19-16-7-6-14(10-12(16)11-17(15)19)21-13-4-2-1-3-5-13/h1-7,10-11,15,18,20H,8-9H2. The van der Waals surface area contributed by atoms with Crippen LogP contribution in [0.25, 0.3) is 10.9 Å². The van der Waals surface area contributed by atoms with Crippen LogP contribution in [0.1, 0.15) is 18.2 Å². The van der Waals surface area contributed by atoms with Crippen LogP contribution in [-0.2, 0) is 6.54 Å². The minimum atomic E-state index is 0.0240. The number of hydrogen-bond donors (Lipinski definition) is 2. The molecule has 0 amide bonds. The van der Waals surface area contributed by atoms with E-state index in [1.54, 1.807) is 0 Å². The zero-order chi connectivity index (χ0) is 14.2. The number of hydroxylamine groups is 1. The summed E-state index contributed by atoms with van der Waals surface area (Å²) in [5.41, 5.74) is 4.70. The Morgan fingerprint density at radius 1 is 1.05 bits per heavy atom. The first-order valence-electron chi connectivity index (χ1n) is 7.11. The molecule has 1 atom stereocenters. The summed E-state index contributed by atoms with van der Waals surface area (Å²) in [7, 11) is 0. The summed E-state index contributed by atoms with van der Waals surface area (Å²) < 4.78 is 8.11. The van der Waals surface area contributed by atoms with Crippen LogP contribution in [-0.4, -0.2) is 9.77 Å². The van der Waals surface area contributed by atoms with Gasteiger partial charge in [-0.05, 0) is 42.8 Å². The number of ether oxygens (including phenoxy) is 1. The lowest BCUT2D eigenvalue weighted by atomic mass is 10.1. The highest BCUT2D eigenvalue weighted by Gasteiger charge is 2.24. The number of nitrogens with zero attached hydrogens (tertiary/aromatic N) is 1. The molecule has 4 rings (SSSR count). The highest BCUT2D eigenvalue weighted by atomic mass is 16.5. The number of para-hydroxylation sites is 1. The number of fused-ring (bicyclic) bond motifs is 3. The van der Waals surface area contributed by atoms with Crippen LogP contribution in [0.4, 0.5) is 0 Å². The Kier molecular flexibility index (Phi) is 2.91. The lowest BCUT2D eigenvalue weighted by molar-refractivity contribution is 0.126. The quantitative estimate of drug-likeness (QED) is 0.716. The van der Waals surface area contributed by atoms with Crippen LogP contribution in [0.2, 0.25) is 0 Å².